The van der Waals surface area contributed by atoms with Crippen LogP contribution >= 0.6 is 23.2 Å². The van der Waals surface area contributed by atoms with Crippen LogP contribution in [-0.4, -0.2) is 51.1 Å². The molecule has 0 unspecified atom stereocenters. The van der Waals surface area contributed by atoms with E-state index in [0.29, 0.717) is 15.7 Å². The maximum absolute atomic E-state index is 12.7. The van der Waals surface area contributed by atoms with Crippen LogP contribution in [0.25, 0.3) is 0 Å². The van der Waals surface area contributed by atoms with Crippen LogP contribution in [0.3, 0.4) is 0 Å². The Labute approximate surface area is 139 Å². The van der Waals surface area contributed by atoms with Crippen molar-refractivity contribution in [1.29, 1.82) is 0 Å². The standard InChI is InChI=1S/C15H17Cl2N3O2/c1-18-4-6-19(7-5-18)13-9-14(21)20(15(13)22)10-2-3-11(16)12(17)8-10/h2-3,8,13H,4-7,9H2,1H3/p+2/t13-/m1/s1. The van der Waals surface area contributed by atoms with E-state index in [0.717, 1.165) is 26.2 Å². The number of imide groups is 1. The van der Waals surface area contributed by atoms with Crippen molar-refractivity contribution in [1.82, 2.24) is 0 Å². The lowest BCUT2D eigenvalue weighted by Crippen LogP contribution is -3.29. The lowest BCUT2D eigenvalue weighted by atomic mass is 10.2. The molecule has 1 aromatic rings. The molecule has 1 atom stereocenters. The summed E-state index contributed by atoms with van der Waals surface area (Å²) in [5.41, 5.74) is 0.506. The van der Waals surface area contributed by atoms with Crippen molar-refractivity contribution in [3.63, 3.8) is 0 Å². The summed E-state index contributed by atoms with van der Waals surface area (Å²) in [5, 5.41) is 0.757. The molecule has 22 heavy (non-hydrogen) atoms. The van der Waals surface area contributed by atoms with Crippen molar-refractivity contribution >= 4 is 40.7 Å². The predicted molar refractivity (Wildman–Crippen MR) is 84.7 cm³/mol. The number of amides is 2. The second kappa shape index (κ2) is 6.16. The van der Waals surface area contributed by atoms with E-state index in [1.54, 1.807) is 18.2 Å². The second-order valence-corrected chi connectivity index (χ2v) is 6.85. The fraction of sp³-hybridized carbons (Fsp3) is 0.467. The number of benzene rings is 1. The van der Waals surface area contributed by atoms with E-state index < -0.39 is 0 Å². The van der Waals surface area contributed by atoms with Crippen molar-refractivity contribution in [2.45, 2.75) is 12.5 Å². The Kier molecular flexibility index (Phi) is 4.41. The summed E-state index contributed by atoms with van der Waals surface area (Å²) in [6, 6.07) is 4.58. The fourth-order valence-electron chi connectivity index (χ4n) is 3.19. The van der Waals surface area contributed by atoms with Crippen LogP contribution in [0, 0.1) is 0 Å². The lowest BCUT2D eigenvalue weighted by molar-refractivity contribution is -1.01. The van der Waals surface area contributed by atoms with Gasteiger partial charge in [-0.05, 0) is 18.2 Å². The molecule has 0 aromatic heterocycles. The molecule has 0 spiro atoms. The number of nitrogens with one attached hydrogen (secondary N) is 2. The predicted octanol–water partition coefficient (Wildman–Crippen LogP) is -0.961. The zero-order valence-electron chi connectivity index (χ0n) is 12.4. The number of halogens is 2. The third kappa shape index (κ3) is 2.86. The number of rotatable bonds is 2. The number of hydrogen-bond acceptors (Lipinski definition) is 2. The normalized spacial score (nSPS) is 29.2. The Hall–Kier alpha value is -1.14. The van der Waals surface area contributed by atoms with E-state index in [9.17, 15) is 9.59 Å². The van der Waals surface area contributed by atoms with Crippen molar-refractivity contribution in [3.05, 3.63) is 28.2 Å². The Morgan fingerprint density at radius 1 is 1.09 bits per heavy atom. The zero-order chi connectivity index (χ0) is 15.9. The highest BCUT2D eigenvalue weighted by Crippen LogP contribution is 2.29. The van der Waals surface area contributed by atoms with Crippen LogP contribution in [0.2, 0.25) is 10.0 Å². The van der Waals surface area contributed by atoms with Crippen molar-refractivity contribution < 1.29 is 19.4 Å². The summed E-state index contributed by atoms with van der Waals surface area (Å²) in [6.07, 6.45) is 0.271. The SMILES string of the molecule is C[NH+]1CC[NH+]([C@@H]2CC(=O)N(c3ccc(Cl)c(Cl)c3)C2=O)CC1. The summed E-state index contributed by atoms with van der Waals surface area (Å²) in [5.74, 6) is -0.287. The van der Waals surface area contributed by atoms with Gasteiger partial charge in [-0.25, -0.2) is 4.90 Å². The van der Waals surface area contributed by atoms with Crippen LogP contribution in [0.5, 0.6) is 0 Å². The number of nitrogens with zero attached hydrogens (tertiary/aromatic N) is 1. The van der Waals surface area contributed by atoms with Gasteiger partial charge in [0.15, 0.2) is 6.04 Å². The fourth-order valence-corrected chi connectivity index (χ4v) is 3.48. The molecule has 0 aliphatic carbocycles. The first-order valence-corrected chi connectivity index (χ1v) is 8.20. The van der Waals surface area contributed by atoms with E-state index in [-0.39, 0.29) is 24.3 Å². The number of likely N-dealkylation sites (N-methyl/N-ethyl adjacent to an activating group) is 1. The topological polar surface area (TPSA) is 46.3 Å². The average molecular weight is 344 g/mol. The van der Waals surface area contributed by atoms with Gasteiger partial charge in [-0.1, -0.05) is 23.2 Å². The van der Waals surface area contributed by atoms with E-state index >= 15 is 0 Å². The van der Waals surface area contributed by atoms with Gasteiger partial charge in [0.05, 0.1) is 29.2 Å². The van der Waals surface area contributed by atoms with Crippen LogP contribution < -0.4 is 14.7 Å². The van der Waals surface area contributed by atoms with Gasteiger partial charge in [0.1, 0.15) is 26.2 Å². The number of carbonyl (C=O) groups excluding carboxylic acids is 2. The van der Waals surface area contributed by atoms with Crippen molar-refractivity contribution in [2.75, 3.05) is 38.1 Å². The van der Waals surface area contributed by atoms with Gasteiger partial charge < -0.3 is 9.80 Å². The number of hydrogen-bond donors (Lipinski definition) is 2. The van der Waals surface area contributed by atoms with Gasteiger partial charge in [-0.3, -0.25) is 9.59 Å². The van der Waals surface area contributed by atoms with Gasteiger partial charge in [0.25, 0.3) is 5.91 Å². The second-order valence-electron chi connectivity index (χ2n) is 6.04. The largest absolute Gasteiger partial charge is 0.328 e. The molecule has 3 rings (SSSR count). The van der Waals surface area contributed by atoms with Gasteiger partial charge in [0.2, 0.25) is 5.91 Å². The molecule has 5 nitrogen and oxygen atoms in total. The smallest absolute Gasteiger partial charge is 0.292 e. The molecular weight excluding hydrogens is 325 g/mol. The molecule has 2 aliphatic heterocycles. The highest BCUT2D eigenvalue weighted by atomic mass is 35.5. The van der Waals surface area contributed by atoms with Crippen LogP contribution in [0.4, 0.5) is 5.69 Å². The summed E-state index contributed by atoms with van der Waals surface area (Å²) in [7, 11) is 2.15. The molecule has 0 radical (unpaired) electrons. The summed E-state index contributed by atoms with van der Waals surface area (Å²) >= 11 is 11.9. The van der Waals surface area contributed by atoms with Crippen LogP contribution in [-0.2, 0) is 9.59 Å². The first-order valence-electron chi connectivity index (χ1n) is 7.45. The molecular formula is C15H19Cl2N3O2+2. The molecule has 2 fully saturated rings. The summed E-state index contributed by atoms with van der Waals surface area (Å²) in [6.45, 7) is 3.90. The van der Waals surface area contributed by atoms with Gasteiger partial charge in [0, 0.05) is 0 Å². The Bertz CT molecular complexity index is 615. The zero-order valence-corrected chi connectivity index (χ0v) is 13.9. The van der Waals surface area contributed by atoms with E-state index in [2.05, 4.69) is 7.05 Å². The number of piperazine rings is 1. The highest BCUT2D eigenvalue weighted by molar-refractivity contribution is 6.42. The third-order valence-corrected chi connectivity index (χ3v) is 5.29. The minimum atomic E-state index is -0.268. The van der Waals surface area contributed by atoms with E-state index in [1.165, 1.54) is 14.7 Å². The molecule has 0 saturated carbocycles. The van der Waals surface area contributed by atoms with Crippen molar-refractivity contribution in [2.24, 2.45) is 0 Å². The summed E-state index contributed by atoms with van der Waals surface area (Å²) < 4.78 is 0. The monoisotopic (exact) mass is 343 g/mol. The Morgan fingerprint density at radius 2 is 1.77 bits per heavy atom. The number of carbonyl (C=O) groups is 2. The molecule has 0 bridgehead atoms. The molecule has 2 heterocycles. The third-order valence-electron chi connectivity index (χ3n) is 4.55. The number of anilines is 1. The quantitative estimate of drug-likeness (QED) is 0.679. The minimum Gasteiger partial charge on any atom is -0.328 e. The first-order chi connectivity index (χ1) is 10.5. The summed E-state index contributed by atoms with van der Waals surface area (Å²) in [4.78, 5) is 28.9. The molecule has 2 amide bonds. The Balaban J connectivity index is 1.80. The van der Waals surface area contributed by atoms with Gasteiger partial charge in [-0.15, -0.1) is 0 Å². The van der Waals surface area contributed by atoms with Crippen molar-refractivity contribution in [3.8, 4) is 0 Å². The average Bonchev–Trinajstić information content (AvgIpc) is 2.78. The van der Waals surface area contributed by atoms with Gasteiger partial charge >= 0.3 is 0 Å². The maximum atomic E-state index is 12.7. The Morgan fingerprint density at radius 3 is 2.41 bits per heavy atom. The first kappa shape index (κ1) is 15.7. The molecule has 2 N–H and O–H groups in total. The van der Waals surface area contributed by atoms with Crippen LogP contribution in [0.15, 0.2) is 18.2 Å². The molecule has 1 aromatic carbocycles. The van der Waals surface area contributed by atoms with Crippen LogP contribution in [0.1, 0.15) is 6.42 Å². The highest BCUT2D eigenvalue weighted by Gasteiger charge is 2.46. The van der Waals surface area contributed by atoms with E-state index in [4.69, 9.17) is 23.2 Å². The minimum absolute atomic E-state index is 0.127. The lowest BCUT2D eigenvalue weighted by Gasteiger charge is -2.30. The maximum Gasteiger partial charge on any atom is 0.292 e. The molecule has 118 valence electrons. The van der Waals surface area contributed by atoms with E-state index in [1.807, 2.05) is 0 Å². The molecule has 2 aliphatic rings. The molecule has 7 heteroatoms. The molecule has 2 saturated heterocycles. The number of quaternary nitrogens is 2. The van der Waals surface area contributed by atoms with Gasteiger partial charge in [-0.2, -0.15) is 0 Å².